The first kappa shape index (κ1) is 20.9. The third-order valence-corrected chi connectivity index (χ3v) is 6.18. The van der Waals surface area contributed by atoms with Crippen molar-refractivity contribution in [2.24, 2.45) is 5.73 Å². The number of nitrogens with two attached hydrogens (primary N) is 1. The van der Waals surface area contributed by atoms with Crippen LogP contribution >= 0.6 is 23.2 Å². The zero-order chi connectivity index (χ0) is 22.1. The number of amides is 1. The summed E-state index contributed by atoms with van der Waals surface area (Å²) in [6.07, 6.45) is 4.40. The highest BCUT2D eigenvalue weighted by Gasteiger charge is 2.41. The Morgan fingerprint density at radius 2 is 2.06 bits per heavy atom. The Balaban J connectivity index is 1.86. The van der Waals surface area contributed by atoms with Crippen molar-refractivity contribution in [3.8, 4) is 6.07 Å². The van der Waals surface area contributed by atoms with Gasteiger partial charge in [-0.3, -0.25) is 20.0 Å². The van der Waals surface area contributed by atoms with Crippen molar-refractivity contribution in [3.63, 3.8) is 0 Å². The maximum atomic E-state index is 13.0. The number of pyridine rings is 1. The van der Waals surface area contributed by atoms with Gasteiger partial charge in [-0.05, 0) is 36.6 Å². The van der Waals surface area contributed by atoms with Gasteiger partial charge in [0.15, 0.2) is 5.78 Å². The van der Waals surface area contributed by atoms with Crippen molar-refractivity contribution in [2.75, 3.05) is 0 Å². The van der Waals surface area contributed by atoms with Crippen molar-refractivity contribution in [3.05, 3.63) is 86.6 Å². The van der Waals surface area contributed by atoms with Crippen LogP contribution in [0.4, 0.5) is 0 Å². The standard InChI is InChI=1S/C22H17Cl2N5O2/c23-15-6-1-5-13(20(15)24)18-14(10-25)21(26)29(16-7-2-8-17(30)19(16)18)28-22(31)12-4-3-9-27-11-12/h1,3-6,9,11,18H,2,7-8,26H2,(H,28,31). The fourth-order valence-electron chi connectivity index (χ4n) is 3.93. The molecule has 1 unspecified atom stereocenters. The number of nitrogens with zero attached hydrogens (tertiary/aromatic N) is 3. The second-order valence-electron chi connectivity index (χ2n) is 7.14. The number of nitrogens with one attached hydrogen (secondary N) is 1. The van der Waals surface area contributed by atoms with Gasteiger partial charge in [0.25, 0.3) is 5.91 Å². The first-order chi connectivity index (χ1) is 14.9. The molecule has 4 rings (SSSR count). The molecule has 1 aromatic heterocycles. The summed E-state index contributed by atoms with van der Waals surface area (Å²) >= 11 is 12.6. The molecule has 2 heterocycles. The molecule has 0 saturated carbocycles. The van der Waals surface area contributed by atoms with E-state index in [0.29, 0.717) is 46.7 Å². The number of ketones is 1. The number of carbonyl (C=O) groups excluding carboxylic acids is 2. The summed E-state index contributed by atoms with van der Waals surface area (Å²) in [5.41, 5.74) is 11.0. The van der Waals surface area contributed by atoms with E-state index in [0.717, 1.165) is 0 Å². The average molecular weight is 454 g/mol. The summed E-state index contributed by atoms with van der Waals surface area (Å²) in [7, 11) is 0. The zero-order valence-electron chi connectivity index (χ0n) is 16.2. The van der Waals surface area contributed by atoms with Gasteiger partial charge in [-0.2, -0.15) is 5.26 Å². The van der Waals surface area contributed by atoms with E-state index in [1.165, 1.54) is 11.2 Å². The van der Waals surface area contributed by atoms with E-state index in [-0.39, 0.29) is 22.2 Å². The van der Waals surface area contributed by atoms with Crippen LogP contribution in [0.3, 0.4) is 0 Å². The Labute approximate surface area is 188 Å². The van der Waals surface area contributed by atoms with Gasteiger partial charge in [0.2, 0.25) is 0 Å². The maximum Gasteiger partial charge on any atom is 0.271 e. The van der Waals surface area contributed by atoms with Crippen LogP contribution < -0.4 is 11.2 Å². The minimum absolute atomic E-state index is 0.0363. The number of hydrazine groups is 1. The van der Waals surface area contributed by atoms with Gasteiger partial charge in [-0.1, -0.05) is 35.3 Å². The van der Waals surface area contributed by atoms with E-state index < -0.39 is 11.8 Å². The van der Waals surface area contributed by atoms with Crippen molar-refractivity contribution in [1.82, 2.24) is 15.4 Å². The number of aromatic nitrogens is 1. The van der Waals surface area contributed by atoms with Crippen LogP contribution in [0, 0.1) is 11.3 Å². The van der Waals surface area contributed by atoms with Gasteiger partial charge in [-0.15, -0.1) is 0 Å². The Bertz CT molecular complexity index is 1180. The largest absolute Gasteiger partial charge is 0.383 e. The van der Waals surface area contributed by atoms with Crippen LogP contribution in [0.15, 0.2) is 65.4 Å². The summed E-state index contributed by atoms with van der Waals surface area (Å²) in [5, 5.41) is 11.9. The van der Waals surface area contributed by atoms with Crippen molar-refractivity contribution in [1.29, 1.82) is 5.26 Å². The second kappa shape index (κ2) is 8.42. The molecule has 2 aromatic rings. The number of Topliss-reactive ketones (excluding diaryl/α,β-unsaturated/α-hetero) is 1. The predicted molar refractivity (Wildman–Crippen MR) is 115 cm³/mol. The number of allylic oxidation sites excluding steroid dienone is 3. The highest BCUT2D eigenvalue weighted by Crippen LogP contribution is 2.46. The molecular formula is C22H17Cl2N5O2. The third kappa shape index (κ3) is 3.65. The number of hydrogen-bond acceptors (Lipinski definition) is 6. The van der Waals surface area contributed by atoms with E-state index in [4.69, 9.17) is 28.9 Å². The van der Waals surface area contributed by atoms with Gasteiger partial charge in [-0.25, -0.2) is 5.01 Å². The molecule has 0 saturated heterocycles. The van der Waals surface area contributed by atoms with Crippen LogP contribution in [0.1, 0.15) is 41.1 Å². The summed E-state index contributed by atoms with van der Waals surface area (Å²) in [4.78, 5) is 29.7. The maximum absolute atomic E-state index is 13.0. The first-order valence-electron chi connectivity index (χ1n) is 9.55. The van der Waals surface area contributed by atoms with E-state index in [9.17, 15) is 14.9 Å². The highest BCUT2D eigenvalue weighted by molar-refractivity contribution is 6.42. The number of rotatable bonds is 3. The lowest BCUT2D eigenvalue weighted by Crippen LogP contribution is -2.48. The molecule has 1 aliphatic heterocycles. The first-order valence-corrected chi connectivity index (χ1v) is 10.3. The van der Waals surface area contributed by atoms with Gasteiger partial charge in [0, 0.05) is 30.1 Å². The molecule has 156 valence electrons. The number of halogens is 2. The van der Waals surface area contributed by atoms with Crippen molar-refractivity contribution in [2.45, 2.75) is 25.2 Å². The van der Waals surface area contributed by atoms with Crippen LogP contribution in [-0.2, 0) is 4.79 Å². The lowest BCUT2D eigenvalue weighted by molar-refractivity contribution is -0.116. The molecular weight excluding hydrogens is 437 g/mol. The number of benzene rings is 1. The lowest BCUT2D eigenvalue weighted by atomic mass is 9.76. The summed E-state index contributed by atoms with van der Waals surface area (Å²) in [5.74, 6) is -1.31. The molecule has 3 N–H and O–H groups in total. The summed E-state index contributed by atoms with van der Waals surface area (Å²) in [6, 6.07) is 10.4. The molecule has 0 fully saturated rings. The lowest BCUT2D eigenvalue weighted by Gasteiger charge is -2.39. The van der Waals surface area contributed by atoms with E-state index in [1.54, 1.807) is 36.5 Å². The molecule has 31 heavy (non-hydrogen) atoms. The third-order valence-electron chi connectivity index (χ3n) is 5.34. The Kier molecular flexibility index (Phi) is 5.68. The smallest absolute Gasteiger partial charge is 0.271 e. The molecule has 1 aromatic carbocycles. The van der Waals surface area contributed by atoms with Crippen LogP contribution in [-0.4, -0.2) is 21.7 Å². The number of carbonyl (C=O) groups is 2. The van der Waals surface area contributed by atoms with E-state index in [2.05, 4.69) is 16.5 Å². The average Bonchev–Trinajstić information content (AvgIpc) is 2.78. The molecule has 0 bridgehead atoms. The minimum Gasteiger partial charge on any atom is -0.383 e. The molecule has 1 atom stereocenters. The molecule has 7 nitrogen and oxygen atoms in total. The zero-order valence-corrected chi connectivity index (χ0v) is 17.7. The molecule has 2 aliphatic rings. The SMILES string of the molecule is N#CC1=C(N)N(NC(=O)c2cccnc2)C2=C(C(=O)CCC2)C1c1cccc(Cl)c1Cl. The van der Waals surface area contributed by atoms with Gasteiger partial charge < -0.3 is 5.73 Å². The van der Waals surface area contributed by atoms with Crippen molar-refractivity contribution < 1.29 is 9.59 Å². The minimum atomic E-state index is -0.759. The van der Waals surface area contributed by atoms with E-state index >= 15 is 0 Å². The quantitative estimate of drug-likeness (QED) is 0.729. The molecule has 1 amide bonds. The van der Waals surface area contributed by atoms with Gasteiger partial charge in [0.05, 0.1) is 33.2 Å². The molecule has 0 radical (unpaired) electrons. The molecule has 9 heteroatoms. The van der Waals surface area contributed by atoms with Crippen LogP contribution in [0.2, 0.25) is 10.0 Å². The number of nitriles is 1. The normalized spacial score (nSPS) is 18.5. The fraction of sp³-hybridized carbons (Fsp3) is 0.182. The Hall–Kier alpha value is -3.34. The predicted octanol–water partition coefficient (Wildman–Crippen LogP) is 3.83. The fourth-order valence-corrected chi connectivity index (χ4v) is 4.35. The number of hydrogen-bond donors (Lipinski definition) is 2. The Morgan fingerprint density at radius 3 is 2.77 bits per heavy atom. The molecule has 1 aliphatic carbocycles. The van der Waals surface area contributed by atoms with Crippen LogP contribution in [0.5, 0.6) is 0 Å². The summed E-state index contributed by atoms with van der Waals surface area (Å²) in [6.45, 7) is 0. The monoisotopic (exact) mass is 453 g/mol. The van der Waals surface area contributed by atoms with Crippen LogP contribution in [0.25, 0.3) is 0 Å². The second-order valence-corrected chi connectivity index (χ2v) is 7.93. The Morgan fingerprint density at radius 1 is 1.26 bits per heavy atom. The topological polar surface area (TPSA) is 112 Å². The van der Waals surface area contributed by atoms with E-state index in [1.807, 2.05) is 0 Å². The van der Waals surface area contributed by atoms with Gasteiger partial charge >= 0.3 is 0 Å². The highest BCUT2D eigenvalue weighted by atomic mass is 35.5. The summed E-state index contributed by atoms with van der Waals surface area (Å²) < 4.78 is 0. The van der Waals surface area contributed by atoms with Crippen molar-refractivity contribution >= 4 is 34.9 Å². The molecule has 0 spiro atoms. The van der Waals surface area contributed by atoms with Gasteiger partial charge in [0.1, 0.15) is 5.82 Å².